The molecule has 4 rings (SSSR count). The molecular weight excluding hydrogens is 442 g/mol. The summed E-state index contributed by atoms with van der Waals surface area (Å²) in [7, 11) is -3.70. The second-order valence-electron chi connectivity index (χ2n) is 8.11. The lowest BCUT2D eigenvalue weighted by Gasteiger charge is -2.32. The summed E-state index contributed by atoms with van der Waals surface area (Å²) in [6.07, 6.45) is 5.89. The van der Waals surface area contributed by atoms with Gasteiger partial charge in [0.1, 0.15) is 5.82 Å². The Morgan fingerprint density at radius 2 is 1.88 bits per heavy atom. The van der Waals surface area contributed by atoms with Crippen molar-refractivity contribution in [3.8, 4) is 5.82 Å². The van der Waals surface area contributed by atoms with Crippen LogP contribution < -0.4 is 15.4 Å². The number of rotatable bonds is 7. The zero-order valence-corrected chi connectivity index (χ0v) is 19.2. The smallest absolute Gasteiger partial charge is 0.238 e. The van der Waals surface area contributed by atoms with Gasteiger partial charge >= 0.3 is 0 Å². The largest absolute Gasteiger partial charge is 0.355 e. The maximum Gasteiger partial charge on any atom is 0.238 e. The third-order valence-corrected chi connectivity index (χ3v) is 6.72. The number of hydrogen-bond acceptors (Lipinski definition) is 7. The number of primary sulfonamides is 1. The molecule has 0 radical (unpaired) electrons. The van der Waals surface area contributed by atoms with Crippen LogP contribution in [0.5, 0.6) is 0 Å². The van der Waals surface area contributed by atoms with Gasteiger partial charge in [0, 0.05) is 32.0 Å². The van der Waals surface area contributed by atoms with Crippen LogP contribution in [0, 0.1) is 12.8 Å². The molecule has 0 spiro atoms. The number of imidazole rings is 1. The molecule has 1 atom stereocenters. The zero-order chi connectivity index (χ0) is 23.4. The van der Waals surface area contributed by atoms with E-state index in [2.05, 4.69) is 25.4 Å². The third-order valence-electron chi connectivity index (χ3n) is 5.79. The molecule has 11 heteroatoms. The average molecular weight is 470 g/mol. The van der Waals surface area contributed by atoms with Gasteiger partial charge in [0.2, 0.25) is 15.9 Å². The predicted molar refractivity (Wildman–Crippen MR) is 123 cm³/mol. The van der Waals surface area contributed by atoms with Crippen LogP contribution in [0.3, 0.4) is 0 Å². The number of carbonyl (C=O) groups excluding carboxylic acids is 1. The van der Waals surface area contributed by atoms with Gasteiger partial charge in [-0.15, -0.1) is 10.2 Å². The number of nitrogens with one attached hydrogen (secondary N) is 1. The number of sulfonamides is 1. The van der Waals surface area contributed by atoms with Crippen molar-refractivity contribution >= 4 is 21.7 Å². The number of aryl methyl sites for hydroxylation is 1. The van der Waals surface area contributed by atoms with Gasteiger partial charge in [0.05, 0.1) is 10.8 Å². The highest BCUT2D eigenvalue weighted by Gasteiger charge is 2.26. The molecule has 1 aliphatic heterocycles. The second-order valence-corrected chi connectivity index (χ2v) is 9.67. The fourth-order valence-corrected chi connectivity index (χ4v) is 4.47. The maximum absolute atomic E-state index is 12.7. The SMILES string of the molecule is Cc1nccn1-c1ccc(N2CCCC(C(=O)NCCc3ccc(S(N)(=O)=O)cc3)C2)nn1. The Labute approximate surface area is 192 Å². The van der Waals surface area contributed by atoms with Gasteiger partial charge in [0.25, 0.3) is 0 Å². The fourth-order valence-electron chi connectivity index (χ4n) is 3.95. The molecule has 174 valence electrons. The van der Waals surface area contributed by atoms with Crippen molar-refractivity contribution in [3.63, 3.8) is 0 Å². The molecule has 10 nitrogen and oxygen atoms in total. The van der Waals surface area contributed by atoms with Gasteiger partial charge in [-0.2, -0.15) is 0 Å². The summed E-state index contributed by atoms with van der Waals surface area (Å²) >= 11 is 0. The first kappa shape index (κ1) is 22.9. The highest BCUT2D eigenvalue weighted by Crippen LogP contribution is 2.22. The van der Waals surface area contributed by atoms with Gasteiger partial charge in [-0.05, 0) is 56.0 Å². The maximum atomic E-state index is 12.7. The number of hydrogen-bond donors (Lipinski definition) is 2. The minimum absolute atomic E-state index is 0.0134. The van der Waals surface area contributed by atoms with Crippen molar-refractivity contribution in [2.45, 2.75) is 31.1 Å². The van der Waals surface area contributed by atoms with E-state index in [-0.39, 0.29) is 16.7 Å². The first-order valence-electron chi connectivity index (χ1n) is 10.8. The molecule has 1 saturated heterocycles. The molecule has 1 unspecified atom stereocenters. The lowest BCUT2D eigenvalue weighted by Crippen LogP contribution is -2.43. The standard InChI is InChI=1S/C22H27N7O3S/c1-16-24-12-14-29(16)21-9-8-20(26-27-21)28-13-2-3-18(15-28)22(30)25-11-10-17-4-6-19(7-5-17)33(23,31)32/h4-9,12,14,18H,2-3,10-11,13,15H2,1H3,(H,25,30)(H2,23,31,32). The Hall–Kier alpha value is -3.31. The first-order chi connectivity index (χ1) is 15.8. The summed E-state index contributed by atoms with van der Waals surface area (Å²) in [6, 6.07) is 10.2. The molecule has 33 heavy (non-hydrogen) atoms. The number of aromatic nitrogens is 4. The van der Waals surface area contributed by atoms with E-state index in [1.165, 1.54) is 12.1 Å². The van der Waals surface area contributed by atoms with Crippen molar-refractivity contribution in [1.29, 1.82) is 0 Å². The molecule has 1 amide bonds. The van der Waals surface area contributed by atoms with Crippen molar-refractivity contribution in [1.82, 2.24) is 25.1 Å². The Morgan fingerprint density at radius 1 is 1.15 bits per heavy atom. The Morgan fingerprint density at radius 3 is 2.52 bits per heavy atom. The lowest BCUT2D eigenvalue weighted by molar-refractivity contribution is -0.125. The van der Waals surface area contributed by atoms with Crippen molar-refractivity contribution in [2.75, 3.05) is 24.5 Å². The Balaban J connectivity index is 1.30. The van der Waals surface area contributed by atoms with E-state index in [4.69, 9.17) is 5.14 Å². The number of carbonyl (C=O) groups is 1. The van der Waals surface area contributed by atoms with Crippen LogP contribution in [0.1, 0.15) is 24.2 Å². The highest BCUT2D eigenvalue weighted by atomic mass is 32.2. The van der Waals surface area contributed by atoms with Gasteiger partial charge in [-0.25, -0.2) is 18.5 Å². The molecule has 3 N–H and O–H groups in total. The Kier molecular flexibility index (Phi) is 6.70. The van der Waals surface area contributed by atoms with E-state index in [1.807, 2.05) is 29.8 Å². The summed E-state index contributed by atoms with van der Waals surface area (Å²) in [4.78, 5) is 19.1. The average Bonchev–Trinajstić information content (AvgIpc) is 3.25. The number of nitrogens with zero attached hydrogens (tertiary/aromatic N) is 5. The zero-order valence-electron chi connectivity index (χ0n) is 18.4. The highest BCUT2D eigenvalue weighted by molar-refractivity contribution is 7.89. The first-order valence-corrected chi connectivity index (χ1v) is 12.3. The number of nitrogens with two attached hydrogens (primary N) is 1. The summed E-state index contributed by atoms with van der Waals surface area (Å²) in [5.74, 6) is 2.19. The molecular formula is C22H27N7O3S. The molecule has 2 aromatic heterocycles. The van der Waals surface area contributed by atoms with E-state index in [0.29, 0.717) is 25.3 Å². The number of amides is 1. The van der Waals surface area contributed by atoms with Crippen LogP contribution in [-0.2, 0) is 21.2 Å². The normalized spacial score (nSPS) is 16.5. The summed E-state index contributed by atoms with van der Waals surface area (Å²) < 4.78 is 24.5. The van der Waals surface area contributed by atoms with Crippen LogP contribution in [0.15, 0.2) is 53.7 Å². The van der Waals surface area contributed by atoms with E-state index >= 15 is 0 Å². The second kappa shape index (κ2) is 9.67. The molecule has 1 aliphatic rings. The van der Waals surface area contributed by atoms with Gasteiger partial charge in [0.15, 0.2) is 11.6 Å². The number of benzene rings is 1. The summed E-state index contributed by atoms with van der Waals surface area (Å²) in [5.41, 5.74) is 0.927. The van der Waals surface area contributed by atoms with Gasteiger partial charge in [-0.1, -0.05) is 12.1 Å². The molecule has 0 aliphatic carbocycles. The van der Waals surface area contributed by atoms with Crippen LogP contribution in [0.2, 0.25) is 0 Å². The van der Waals surface area contributed by atoms with Gasteiger partial charge in [-0.3, -0.25) is 9.36 Å². The quantitative estimate of drug-likeness (QED) is 0.530. The minimum atomic E-state index is -3.70. The van der Waals surface area contributed by atoms with Crippen LogP contribution in [-0.4, -0.2) is 53.7 Å². The lowest BCUT2D eigenvalue weighted by atomic mass is 9.97. The van der Waals surface area contributed by atoms with Crippen molar-refractivity contribution in [3.05, 3.63) is 60.2 Å². The Bertz CT molecular complexity index is 1210. The molecule has 1 aromatic carbocycles. The number of anilines is 1. The van der Waals surface area contributed by atoms with E-state index in [1.54, 1.807) is 18.3 Å². The van der Waals surface area contributed by atoms with E-state index in [9.17, 15) is 13.2 Å². The van der Waals surface area contributed by atoms with Gasteiger partial charge < -0.3 is 10.2 Å². The molecule has 3 heterocycles. The number of piperidine rings is 1. The summed E-state index contributed by atoms with van der Waals surface area (Å²) in [5, 5.41) is 16.8. The van der Waals surface area contributed by atoms with Crippen LogP contribution in [0.4, 0.5) is 5.82 Å². The van der Waals surface area contributed by atoms with Crippen molar-refractivity contribution < 1.29 is 13.2 Å². The molecule has 1 fully saturated rings. The van der Waals surface area contributed by atoms with Crippen LogP contribution >= 0.6 is 0 Å². The topological polar surface area (TPSA) is 136 Å². The fraction of sp³-hybridized carbons (Fsp3) is 0.364. The monoisotopic (exact) mass is 469 g/mol. The molecule has 0 saturated carbocycles. The predicted octanol–water partition coefficient (Wildman–Crippen LogP) is 1.19. The van der Waals surface area contributed by atoms with Crippen LogP contribution in [0.25, 0.3) is 5.82 Å². The van der Waals surface area contributed by atoms with Crippen molar-refractivity contribution in [2.24, 2.45) is 11.1 Å². The summed E-state index contributed by atoms with van der Waals surface area (Å²) in [6.45, 7) is 3.80. The third kappa shape index (κ3) is 5.55. The van der Waals surface area contributed by atoms with E-state index < -0.39 is 10.0 Å². The molecule has 0 bridgehead atoms. The van der Waals surface area contributed by atoms with E-state index in [0.717, 1.165) is 36.6 Å². The minimum Gasteiger partial charge on any atom is -0.355 e. The molecule has 3 aromatic rings.